The van der Waals surface area contributed by atoms with Crippen LogP contribution in [0.3, 0.4) is 0 Å². The number of nitrogens with one attached hydrogen (secondary N) is 1. The Hall–Kier alpha value is -3.69. The van der Waals surface area contributed by atoms with Gasteiger partial charge in [0.1, 0.15) is 16.4 Å². The zero-order chi connectivity index (χ0) is 23.8. The first-order valence-electron chi connectivity index (χ1n) is 11.6. The summed E-state index contributed by atoms with van der Waals surface area (Å²) >= 11 is 1.46. The second kappa shape index (κ2) is 9.16. The number of carbonyl (C=O) groups excluding carboxylic acids is 1. The number of thiophene rings is 1. The van der Waals surface area contributed by atoms with Crippen LogP contribution in [0.4, 0.5) is 5.69 Å². The van der Waals surface area contributed by atoms with Gasteiger partial charge in [0.15, 0.2) is 6.10 Å². The molecule has 1 fully saturated rings. The molecule has 4 heterocycles. The molecule has 2 aliphatic heterocycles. The minimum Gasteiger partial charge on any atom is -0.477 e. The fraction of sp³-hybridized carbons (Fsp3) is 0.269. The van der Waals surface area contributed by atoms with Gasteiger partial charge in [0.2, 0.25) is 0 Å². The van der Waals surface area contributed by atoms with Crippen molar-refractivity contribution in [1.29, 1.82) is 0 Å². The third-order valence-electron chi connectivity index (χ3n) is 6.38. The van der Waals surface area contributed by atoms with Crippen molar-refractivity contribution in [3.8, 4) is 16.9 Å². The van der Waals surface area contributed by atoms with Gasteiger partial charge in [0, 0.05) is 24.0 Å². The molecule has 4 aromatic rings. The molecule has 2 aliphatic rings. The molecule has 0 spiro atoms. The van der Waals surface area contributed by atoms with Crippen LogP contribution in [0.15, 0.2) is 64.8 Å². The summed E-state index contributed by atoms with van der Waals surface area (Å²) in [5, 5.41) is 2.58. The number of rotatable bonds is 4. The van der Waals surface area contributed by atoms with Crippen molar-refractivity contribution in [3.05, 3.63) is 76.2 Å². The molecule has 1 saturated heterocycles. The first kappa shape index (κ1) is 21.8. The highest BCUT2D eigenvalue weighted by atomic mass is 32.1. The van der Waals surface area contributed by atoms with Crippen molar-refractivity contribution in [1.82, 2.24) is 14.9 Å². The van der Waals surface area contributed by atoms with Crippen LogP contribution in [0.25, 0.3) is 21.3 Å². The number of aromatic amines is 1. The fourth-order valence-corrected chi connectivity index (χ4v) is 5.62. The minimum absolute atomic E-state index is 0.0459. The number of fused-ring (bicyclic) bond motifs is 2. The summed E-state index contributed by atoms with van der Waals surface area (Å²) in [4.78, 5) is 38.6. The highest BCUT2D eigenvalue weighted by Gasteiger charge is 2.34. The number of hydrogen-bond acceptors (Lipinski definition) is 7. The lowest BCUT2D eigenvalue weighted by atomic mass is 10.1. The second-order valence-electron chi connectivity index (χ2n) is 8.60. The largest absolute Gasteiger partial charge is 0.477 e. The summed E-state index contributed by atoms with van der Waals surface area (Å²) in [6.07, 6.45) is -0.634. The summed E-state index contributed by atoms with van der Waals surface area (Å²) in [5.41, 5.74) is 2.59. The third-order valence-corrected chi connectivity index (χ3v) is 7.25. The van der Waals surface area contributed by atoms with Crippen molar-refractivity contribution < 1.29 is 14.3 Å². The van der Waals surface area contributed by atoms with Gasteiger partial charge in [-0.25, -0.2) is 4.98 Å². The lowest BCUT2D eigenvalue weighted by Crippen LogP contribution is -2.53. The molecule has 0 aliphatic carbocycles. The van der Waals surface area contributed by atoms with E-state index in [-0.39, 0.29) is 11.5 Å². The fourth-order valence-electron chi connectivity index (χ4n) is 4.65. The van der Waals surface area contributed by atoms with Gasteiger partial charge < -0.3 is 24.3 Å². The van der Waals surface area contributed by atoms with Crippen LogP contribution in [-0.4, -0.2) is 59.7 Å². The number of ether oxygens (including phenoxy) is 2. The second-order valence-corrected chi connectivity index (χ2v) is 9.46. The van der Waals surface area contributed by atoms with E-state index in [0.29, 0.717) is 61.2 Å². The van der Waals surface area contributed by atoms with Gasteiger partial charge in [-0.15, -0.1) is 11.3 Å². The molecule has 9 heteroatoms. The molecular formula is C26H24N4O4S. The monoisotopic (exact) mass is 488 g/mol. The zero-order valence-corrected chi connectivity index (χ0v) is 19.8. The van der Waals surface area contributed by atoms with Gasteiger partial charge in [-0.3, -0.25) is 9.59 Å². The number of amides is 1. The van der Waals surface area contributed by atoms with Crippen molar-refractivity contribution in [3.63, 3.8) is 0 Å². The normalized spacial score (nSPS) is 17.8. The third kappa shape index (κ3) is 4.17. The predicted molar refractivity (Wildman–Crippen MR) is 135 cm³/mol. The standard InChI is InChI=1S/C26H24N4O4S/c31-24-23-18(17-6-2-1-3-7-17)16-35-25(23)28-22(27-24)15-30-14-21(26(32)29-10-12-33-13-11-29)34-20-9-5-4-8-19(20)30/h1-9,16,21H,10-15H2,(H,27,28,31). The molecule has 1 atom stereocenters. The maximum atomic E-state index is 13.2. The first-order chi connectivity index (χ1) is 17.2. The molecule has 1 N–H and O–H groups in total. The maximum Gasteiger partial charge on any atom is 0.265 e. The Morgan fingerprint density at radius 2 is 1.86 bits per heavy atom. The van der Waals surface area contributed by atoms with Crippen molar-refractivity contribution in [2.24, 2.45) is 0 Å². The van der Waals surface area contributed by atoms with E-state index in [2.05, 4.69) is 9.88 Å². The van der Waals surface area contributed by atoms with Crippen LogP contribution in [0.1, 0.15) is 5.82 Å². The van der Waals surface area contributed by atoms with Crippen molar-refractivity contribution in [2.45, 2.75) is 12.6 Å². The number of aromatic nitrogens is 2. The van der Waals surface area contributed by atoms with E-state index in [0.717, 1.165) is 16.8 Å². The molecule has 6 rings (SSSR count). The van der Waals surface area contributed by atoms with Gasteiger partial charge >= 0.3 is 0 Å². The Morgan fingerprint density at radius 3 is 2.69 bits per heavy atom. The Labute approximate surface area is 205 Å². The summed E-state index contributed by atoms with van der Waals surface area (Å²) in [5.74, 6) is 1.16. The van der Waals surface area contributed by atoms with Crippen molar-refractivity contribution >= 4 is 33.1 Å². The molecule has 35 heavy (non-hydrogen) atoms. The van der Waals surface area contributed by atoms with Crippen LogP contribution in [0.2, 0.25) is 0 Å². The number of anilines is 1. The smallest absolute Gasteiger partial charge is 0.265 e. The van der Waals surface area contributed by atoms with E-state index < -0.39 is 6.10 Å². The first-order valence-corrected chi connectivity index (χ1v) is 12.5. The van der Waals surface area contributed by atoms with Crippen LogP contribution in [-0.2, 0) is 16.1 Å². The molecule has 0 saturated carbocycles. The zero-order valence-electron chi connectivity index (χ0n) is 19.0. The number of para-hydroxylation sites is 2. The molecule has 0 radical (unpaired) electrons. The Kier molecular flexibility index (Phi) is 5.71. The topological polar surface area (TPSA) is 87.8 Å². The summed E-state index contributed by atoms with van der Waals surface area (Å²) in [6.45, 7) is 2.93. The minimum atomic E-state index is -0.634. The highest BCUT2D eigenvalue weighted by molar-refractivity contribution is 7.17. The highest BCUT2D eigenvalue weighted by Crippen LogP contribution is 2.35. The molecule has 0 bridgehead atoms. The van der Waals surface area contributed by atoms with Crippen LogP contribution >= 0.6 is 11.3 Å². The van der Waals surface area contributed by atoms with E-state index in [1.54, 1.807) is 4.90 Å². The number of carbonyl (C=O) groups is 1. The van der Waals surface area contributed by atoms with E-state index >= 15 is 0 Å². The van der Waals surface area contributed by atoms with Gasteiger partial charge in [-0.1, -0.05) is 42.5 Å². The predicted octanol–water partition coefficient (Wildman–Crippen LogP) is 3.28. The molecule has 178 valence electrons. The van der Waals surface area contributed by atoms with Crippen LogP contribution < -0.4 is 15.2 Å². The number of H-pyrrole nitrogens is 1. The van der Waals surface area contributed by atoms with Crippen molar-refractivity contribution in [2.75, 3.05) is 37.7 Å². The Balaban J connectivity index is 1.30. The van der Waals surface area contributed by atoms with E-state index in [1.165, 1.54) is 11.3 Å². The number of morpholine rings is 1. The number of hydrogen-bond donors (Lipinski definition) is 1. The number of nitrogens with zero attached hydrogens (tertiary/aromatic N) is 3. The molecule has 2 aromatic carbocycles. The van der Waals surface area contributed by atoms with Gasteiger partial charge in [-0.2, -0.15) is 0 Å². The maximum absolute atomic E-state index is 13.2. The molecule has 8 nitrogen and oxygen atoms in total. The van der Waals surface area contributed by atoms with Crippen LogP contribution in [0, 0.1) is 0 Å². The molecular weight excluding hydrogens is 464 g/mol. The van der Waals surface area contributed by atoms with Gasteiger partial charge in [-0.05, 0) is 17.7 Å². The van der Waals surface area contributed by atoms with E-state index in [4.69, 9.17) is 14.5 Å². The van der Waals surface area contributed by atoms with Gasteiger partial charge in [0.25, 0.3) is 11.5 Å². The lowest BCUT2D eigenvalue weighted by molar-refractivity contribution is -0.142. The van der Waals surface area contributed by atoms with Crippen LogP contribution in [0.5, 0.6) is 5.75 Å². The average molecular weight is 489 g/mol. The molecule has 1 unspecified atom stereocenters. The summed E-state index contributed by atoms with van der Waals surface area (Å²) in [6, 6.07) is 17.5. The summed E-state index contributed by atoms with van der Waals surface area (Å²) < 4.78 is 11.5. The average Bonchev–Trinajstić information content (AvgIpc) is 3.34. The SMILES string of the molecule is O=C(C1CN(Cc2nc3scc(-c4ccccc4)c3c(=O)[nH]2)c2ccccc2O1)N1CCOCC1. The quantitative estimate of drug-likeness (QED) is 0.474. The van der Waals surface area contributed by atoms with E-state index in [9.17, 15) is 9.59 Å². The van der Waals surface area contributed by atoms with E-state index in [1.807, 2.05) is 60.0 Å². The molecule has 1 amide bonds. The lowest BCUT2D eigenvalue weighted by Gasteiger charge is -2.38. The Bertz CT molecular complexity index is 1430. The Morgan fingerprint density at radius 1 is 1.09 bits per heavy atom. The summed E-state index contributed by atoms with van der Waals surface area (Å²) in [7, 11) is 0. The van der Waals surface area contributed by atoms with Gasteiger partial charge in [0.05, 0.1) is 37.4 Å². The number of benzene rings is 2. The molecule has 2 aromatic heterocycles.